The largest absolute Gasteiger partial charge is 0.385 e. The summed E-state index contributed by atoms with van der Waals surface area (Å²) in [5.74, 6) is 0. The predicted molar refractivity (Wildman–Crippen MR) is 108 cm³/mol. The molecule has 0 amide bonds. The molecule has 3 rings (SSSR count). The summed E-state index contributed by atoms with van der Waals surface area (Å²) in [6, 6.07) is 15.8. The minimum Gasteiger partial charge on any atom is -0.385 e. The molecule has 1 saturated heterocycles. The molecule has 146 valence electrons. The fourth-order valence-corrected chi connectivity index (χ4v) is 5.14. The number of quaternary nitrogens is 1. The Labute approximate surface area is 162 Å². The normalized spacial score (nSPS) is 16.8. The molecule has 2 aromatic rings. The summed E-state index contributed by atoms with van der Waals surface area (Å²) >= 11 is 0. The van der Waals surface area contributed by atoms with Gasteiger partial charge in [0.25, 0.3) is 10.0 Å². The maximum atomic E-state index is 13.3. The van der Waals surface area contributed by atoms with Gasteiger partial charge in [0.15, 0.2) is 0 Å². The molecule has 1 atom stereocenters. The maximum Gasteiger partial charge on any atom is 0.264 e. The van der Waals surface area contributed by atoms with Gasteiger partial charge in [-0.1, -0.05) is 35.9 Å². The fourth-order valence-electron chi connectivity index (χ4n) is 3.62. The molecular weight excluding hydrogens is 360 g/mol. The van der Waals surface area contributed by atoms with Crippen molar-refractivity contribution in [2.75, 3.05) is 30.5 Å². The lowest BCUT2D eigenvalue weighted by Gasteiger charge is -2.30. The second kappa shape index (κ2) is 8.87. The molecule has 2 N–H and O–H groups in total. The van der Waals surface area contributed by atoms with Gasteiger partial charge in [0.2, 0.25) is 0 Å². The molecule has 0 bridgehead atoms. The van der Waals surface area contributed by atoms with Crippen LogP contribution >= 0.6 is 0 Å². The summed E-state index contributed by atoms with van der Waals surface area (Å²) in [5.41, 5.74) is 1.64. The average molecular weight is 390 g/mol. The van der Waals surface area contributed by atoms with Crippen LogP contribution in [0, 0.1) is 6.92 Å². The second-order valence-corrected chi connectivity index (χ2v) is 9.22. The molecule has 2 aromatic carbocycles. The Morgan fingerprint density at radius 2 is 1.63 bits per heavy atom. The van der Waals surface area contributed by atoms with E-state index in [0.29, 0.717) is 12.2 Å². The number of piperidine rings is 1. The molecule has 1 heterocycles. The fraction of sp³-hybridized carbons (Fsp3) is 0.429. The molecule has 6 heteroatoms. The molecule has 5 nitrogen and oxygen atoms in total. The van der Waals surface area contributed by atoms with E-state index < -0.39 is 16.1 Å². The van der Waals surface area contributed by atoms with E-state index >= 15 is 0 Å². The number of nitrogens with zero attached hydrogens (tertiary/aromatic N) is 1. The van der Waals surface area contributed by atoms with E-state index in [9.17, 15) is 13.5 Å². The number of aliphatic hydroxyl groups is 1. The molecule has 1 fully saturated rings. The highest BCUT2D eigenvalue weighted by Gasteiger charge is 2.29. The van der Waals surface area contributed by atoms with Crippen LogP contribution in [0.2, 0.25) is 0 Å². The minimum atomic E-state index is -3.74. The summed E-state index contributed by atoms with van der Waals surface area (Å²) in [6.07, 6.45) is 2.88. The first kappa shape index (κ1) is 19.9. The van der Waals surface area contributed by atoms with Crippen molar-refractivity contribution in [1.82, 2.24) is 0 Å². The van der Waals surface area contributed by atoms with Crippen LogP contribution in [0.4, 0.5) is 5.69 Å². The molecule has 1 aliphatic rings. The number of aliphatic hydroxyl groups excluding tert-OH is 1. The van der Waals surface area contributed by atoms with E-state index in [-0.39, 0.29) is 11.4 Å². The van der Waals surface area contributed by atoms with Gasteiger partial charge in [0.05, 0.1) is 30.2 Å². The first-order chi connectivity index (χ1) is 13.0. The first-order valence-electron chi connectivity index (χ1n) is 9.63. The van der Waals surface area contributed by atoms with E-state index in [0.717, 1.165) is 18.7 Å². The average Bonchev–Trinajstić information content (AvgIpc) is 2.68. The van der Waals surface area contributed by atoms with Crippen molar-refractivity contribution in [3.05, 3.63) is 60.2 Å². The van der Waals surface area contributed by atoms with Crippen molar-refractivity contribution in [1.29, 1.82) is 0 Å². The first-order valence-corrected chi connectivity index (χ1v) is 11.1. The Bertz CT molecular complexity index is 816. The van der Waals surface area contributed by atoms with Crippen LogP contribution in [0.1, 0.15) is 24.8 Å². The third kappa shape index (κ3) is 5.09. The van der Waals surface area contributed by atoms with Gasteiger partial charge in [-0.25, -0.2) is 8.42 Å². The number of likely N-dealkylation sites (tertiary alicyclic amines) is 1. The number of nitrogens with one attached hydrogen (secondary N) is 1. The van der Waals surface area contributed by atoms with Gasteiger partial charge >= 0.3 is 0 Å². The van der Waals surface area contributed by atoms with E-state index in [2.05, 4.69) is 0 Å². The Kier molecular flexibility index (Phi) is 6.52. The summed E-state index contributed by atoms with van der Waals surface area (Å²) in [7, 11) is -3.74. The predicted octanol–water partition coefficient (Wildman–Crippen LogP) is 1.62. The number of hydrogen-bond donors (Lipinski definition) is 2. The van der Waals surface area contributed by atoms with Gasteiger partial charge < -0.3 is 10.0 Å². The summed E-state index contributed by atoms with van der Waals surface area (Å²) in [6.45, 7) is 4.70. The Morgan fingerprint density at radius 1 is 1.00 bits per heavy atom. The molecule has 27 heavy (non-hydrogen) atoms. The smallest absolute Gasteiger partial charge is 0.264 e. The van der Waals surface area contributed by atoms with E-state index in [1.807, 2.05) is 19.1 Å². The van der Waals surface area contributed by atoms with E-state index in [1.165, 1.54) is 28.5 Å². The van der Waals surface area contributed by atoms with E-state index in [4.69, 9.17) is 0 Å². The van der Waals surface area contributed by atoms with Crippen molar-refractivity contribution < 1.29 is 18.4 Å². The van der Waals surface area contributed by atoms with Crippen molar-refractivity contribution in [3.63, 3.8) is 0 Å². The molecule has 0 unspecified atom stereocenters. The highest BCUT2D eigenvalue weighted by Crippen LogP contribution is 2.24. The lowest BCUT2D eigenvalue weighted by atomic mass is 10.1. The quantitative estimate of drug-likeness (QED) is 0.757. The minimum absolute atomic E-state index is 0.0593. The monoisotopic (exact) mass is 389 g/mol. The highest BCUT2D eigenvalue weighted by molar-refractivity contribution is 7.92. The Morgan fingerprint density at radius 3 is 2.26 bits per heavy atom. The number of rotatable bonds is 7. The van der Waals surface area contributed by atoms with Gasteiger partial charge in [-0.2, -0.15) is 0 Å². The summed E-state index contributed by atoms with van der Waals surface area (Å²) in [4.78, 5) is 1.60. The maximum absolute atomic E-state index is 13.3. The van der Waals surface area contributed by atoms with Gasteiger partial charge in [-0.15, -0.1) is 0 Å². The number of sulfonamides is 1. The number of hydrogen-bond acceptors (Lipinski definition) is 3. The Hall–Kier alpha value is -1.89. The summed E-state index contributed by atoms with van der Waals surface area (Å²) < 4.78 is 27.8. The number of anilines is 1. The van der Waals surface area contributed by atoms with Crippen LogP contribution in [0.25, 0.3) is 0 Å². The molecular formula is C21H29N2O3S+. The van der Waals surface area contributed by atoms with Crippen molar-refractivity contribution >= 4 is 15.7 Å². The lowest BCUT2D eigenvalue weighted by molar-refractivity contribution is -0.907. The van der Waals surface area contributed by atoms with Gasteiger partial charge in [-0.3, -0.25) is 4.31 Å². The molecule has 0 spiro atoms. The van der Waals surface area contributed by atoms with Crippen molar-refractivity contribution in [3.8, 4) is 0 Å². The van der Waals surface area contributed by atoms with Crippen molar-refractivity contribution in [2.45, 2.75) is 37.2 Å². The molecule has 0 radical (unpaired) electrons. The van der Waals surface area contributed by atoms with E-state index in [1.54, 1.807) is 42.5 Å². The zero-order chi connectivity index (χ0) is 19.3. The van der Waals surface area contributed by atoms with Gasteiger partial charge in [-0.05, 0) is 50.5 Å². The van der Waals surface area contributed by atoms with Crippen LogP contribution in [-0.2, 0) is 10.0 Å². The number of benzene rings is 2. The molecule has 0 aromatic heterocycles. The highest BCUT2D eigenvalue weighted by atomic mass is 32.2. The third-order valence-electron chi connectivity index (χ3n) is 5.11. The van der Waals surface area contributed by atoms with Gasteiger partial charge in [0, 0.05) is 0 Å². The van der Waals surface area contributed by atoms with Crippen LogP contribution in [0.5, 0.6) is 0 Å². The zero-order valence-corrected chi connectivity index (χ0v) is 16.7. The standard InChI is InChI=1S/C21H28N2O3S/c1-18-10-12-19(13-11-18)23(27(25,26)21-8-4-2-5-9-21)17-20(24)16-22-14-6-3-7-15-22/h2,4-5,8-13,20,24H,3,6-7,14-17H2,1H3/p+1/t20-/m0/s1. The van der Waals surface area contributed by atoms with Crippen LogP contribution in [-0.4, -0.2) is 45.8 Å². The third-order valence-corrected chi connectivity index (χ3v) is 6.92. The zero-order valence-electron chi connectivity index (χ0n) is 15.8. The SMILES string of the molecule is Cc1ccc(N(C[C@@H](O)C[NH+]2CCCCC2)S(=O)(=O)c2ccccc2)cc1. The lowest BCUT2D eigenvalue weighted by Crippen LogP contribution is -3.14. The van der Waals surface area contributed by atoms with Crippen LogP contribution in [0.15, 0.2) is 59.5 Å². The van der Waals surface area contributed by atoms with Crippen LogP contribution < -0.4 is 9.21 Å². The Balaban J connectivity index is 1.84. The molecule has 0 aliphatic carbocycles. The second-order valence-electron chi connectivity index (χ2n) is 7.35. The van der Waals surface area contributed by atoms with Crippen molar-refractivity contribution in [2.24, 2.45) is 0 Å². The topological polar surface area (TPSA) is 62.1 Å². The molecule has 1 aliphatic heterocycles. The summed E-state index contributed by atoms with van der Waals surface area (Å²) in [5, 5.41) is 10.7. The van der Waals surface area contributed by atoms with Crippen LogP contribution in [0.3, 0.4) is 0 Å². The molecule has 0 saturated carbocycles. The van der Waals surface area contributed by atoms with Gasteiger partial charge in [0.1, 0.15) is 12.6 Å². The number of aryl methyl sites for hydroxylation is 1.